The maximum atomic E-state index is 12.4. The lowest BCUT2D eigenvalue weighted by atomic mass is 10.1. The second-order valence-electron chi connectivity index (χ2n) is 6.01. The van der Waals surface area contributed by atoms with Crippen molar-refractivity contribution in [3.8, 4) is 5.82 Å². The van der Waals surface area contributed by atoms with Gasteiger partial charge in [0, 0.05) is 19.3 Å². The molecule has 0 aliphatic carbocycles. The second kappa shape index (κ2) is 9.17. The van der Waals surface area contributed by atoms with Crippen LogP contribution in [0.1, 0.15) is 43.2 Å². The quantitative estimate of drug-likeness (QED) is 0.718. The lowest BCUT2D eigenvalue weighted by Crippen LogP contribution is -2.28. The maximum absolute atomic E-state index is 12.4. The Bertz CT molecular complexity index is 638. The lowest BCUT2D eigenvalue weighted by molar-refractivity contribution is 0.0905. The summed E-state index contributed by atoms with van der Waals surface area (Å²) in [5, 5.41) is 7.21. The first-order valence-electron chi connectivity index (χ1n) is 8.47. The van der Waals surface area contributed by atoms with Gasteiger partial charge in [-0.25, -0.2) is 9.67 Å². The Kier molecular flexibility index (Phi) is 6.93. The molecule has 0 aliphatic rings. The summed E-state index contributed by atoms with van der Waals surface area (Å²) in [7, 11) is 0. The third-order valence-electron chi connectivity index (χ3n) is 3.69. The van der Waals surface area contributed by atoms with Gasteiger partial charge < -0.3 is 10.1 Å². The average Bonchev–Trinajstić information content (AvgIpc) is 3.02. The third-order valence-corrected chi connectivity index (χ3v) is 3.69. The van der Waals surface area contributed by atoms with Crippen molar-refractivity contribution in [1.29, 1.82) is 0 Å². The molecule has 0 aliphatic heterocycles. The van der Waals surface area contributed by atoms with Gasteiger partial charge >= 0.3 is 0 Å². The molecular formula is C18H26N4O2. The highest BCUT2D eigenvalue weighted by Gasteiger charge is 2.17. The van der Waals surface area contributed by atoms with Gasteiger partial charge in [0.1, 0.15) is 0 Å². The normalized spacial score (nSPS) is 11.0. The first-order valence-corrected chi connectivity index (χ1v) is 8.47. The number of amides is 1. The van der Waals surface area contributed by atoms with Gasteiger partial charge in [0.05, 0.1) is 24.1 Å². The van der Waals surface area contributed by atoms with E-state index in [0.29, 0.717) is 36.9 Å². The molecule has 0 bridgehead atoms. The molecular weight excluding hydrogens is 304 g/mol. The molecule has 130 valence electrons. The highest BCUT2D eigenvalue weighted by atomic mass is 16.5. The van der Waals surface area contributed by atoms with E-state index in [-0.39, 0.29) is 5.91 Å². The monoisotopic (exact) mass is 330 g/mol. The van der Waals surface area contributed by atoms with E-state index in [1.54, 1.807) is 17.1 Å². The predicted molar refractivity (Wildman–Crippen MR) is 93.3 cm³/mol. The summed E-state index contributed by atoms with van der Waals surface area (Å²) in [6.45, 7) is 8.07. The summed E-state index contributed by atoms with van der Waals surface area (Å²) in [5.74, 6) is 1.22. The molecule has 2 rings (SSSR count). The first kappa shape index (κ1) is 18.1. The van der Waals surface area contributed by atoms with Crippen LogP contribution in [0.15, 0.2) is 30.6 Å². The van der Waals surface area contributed by atoms with E-state index in [2.05, 4.69) is 29.2 Å². The molecule has 0 fully saturated rings. The Hall–Kier alpha value is -2.21. The molecule has 0 radical (unpaired) electrons. The number of aromatic nitrogens is 3. The third kappa shape index (κ3) is 4.89. The van der Waals surface area contributed by atoms with Crippen LogP contribution in [-0.4, -0.2) is 40.4 Å². The fourth-order valence-corrected chi connectivity index (χ4v) is 2.33. The Morgan fingerprint density at radius 1 is 1.33 bits per heavy atom. The topological polar surface area (TPSA) is 69.0 Å². The summed E-state index contributed by atoms with van der Waals surface area (Å²) in [4.78, 5) is 16.7. The zero-order valence-electron chi connectivity index (χ0n) is 14.7. The van der Waals surface area contributed by atoms with E-state index in [1.807, 2.05) is 25.1 Å². The van der Waals surface area contributed by atoms with Gasteiger partial charge in [-0.1, -0.05) is 26.8 Å². The molecule has 0 unspecified atom stereocenters. The first-order chi connectivity index (χ1) is 11.6. The van der Waals surface area contributed by atoms with Crippen LogP contribution in [0.25, 0.3) is 5.82 Å². The van der Waals surface area contributed by atoms with Crippen molar-refractivity contribution in [3.63, 3.8) is 0 Å². The minimum Gasteiger partial charge on any atom is -0.380 e. The largest absolute Gasteiger partial charge is 0.380 e. The summed E-state index contributed by atoms with van der Waals surface area (Å²) >= 11 is 0. The zero-order valence-corrected chi connectivity index (χ0v) is 14.7. The van der Waals surface area contributed by atoms with Crippen LogP contribution < -0.4 is 5.32 Å². The molecule has 0 spiro atoms. The molecule has 0 aromatic carbocycles. The van der Waals surface area contributed by atoms with Crippen LogP contribution >= 0.6 is 0 Å². The van der Waals surface area contributed by atoms with Crippen molar-refractivity contribution in [2.45, 2.75) is 33.6 Å². The van der Waals surface area contributed by atoms with Gasteiger partial charge in [-0.2, -0.15) is 5.10 Å². The minimum absolute atomic E-state index is 0.124. The molecule has 1 N–H and O–H groups in total. The number of rotatable bonds is 9. The highest BCUT2D eigenvalue weighted by molar-refractivity contribution is 5.95. The second-order valence-corrected chi connectivity index (χ2v) is 6.01. The molecule has 0 saturated heterocycles. The molecule has 6 nitrogen and oxygen atoms in total. The molecule has 2 aromatic heterocycles. The summed E-state index contributed by atoms with van der Waals surface area (Å²) in [6, 6.07) is 5.62. The van der Waals surface area contributed by atoms with Crippen LogP contribution in [0.2, 0.25) is 0 Å². The SMILES string of the molecule is CCc1c(C(=O)NCCOCCC(C)C)cnn1-c1ccccn1. The molecule has 6 heteroatoms. The van der Waals surface area contributed by atoms with Crippen molar-refractivity contribution in [3.05, 3.63) is 41.9 Å². The van der Waals surface area contributed by atoms with Crippen molar-refractivity contribution in [1.82, 2.24) is 20.1 Å². The highest BCUT2D eigenvalue weighted by Crippen LogP contribution is 2.14. The number of ether oxygens (including phenoxy) is 1. The standard InChI is InChI=1S/C18H26N4O2/c1-4-16-15(13-21-22(16)17-7-5-6-9-19-17)18(23)20-10-12-24-11-8-14(2)3/h5-7,9,13-14H,4,8,10-12H2,1-3H3,(H,20,23). The van der Waals surface area contributed by atoms with Gasteiger partial charge in [-0.15, -0.1) is 0 Å². The average molecular weight is 330 g/mol. The number of carbonyl (C=O) groups excluding carboxylic acids is 1. The molecule has 2 heterocycles. The van der Waals surface area contributed by atoms with Crippen molar-refractivity contribution in [2.24, 2.45) is 5.92 Å². The number of carbonyl (C=O) groups is 1. The molecule has 1 amide bonds. The van der Waals surface area contributed by atoms with E-state index in [9.17, 15) is 4.79 Å². The fourth-order valence-electron chi connectivity index (χ4n) is 2.33. The minimum atomic E-state index is -0.124. The number of nitrogens with one attached hydrogen (secondary N) is 1. The Balaban J connectivity index is 1.92. The molecule has 0 atom stereocenters. The van der Waals surface area contributed by atoms with Crippen LogP contribution in [0.4, 0.5) is 0 Å². The smallest absolute Gasteiger partial charge is 0.254 e. The summed E-state index contributed by atoms with van der Waals surface area (Å²) in [5.41, 5.74) is 1.44. The molecule has 2 aromatic rings. The van der Waals surface area contributed by atoms with Crippen molar-refractivity contribution >= 4 is 5.91 Å². The Labute approximate surface area is 143 Å². The van der Waals surface area contributed by atoms with Crippen LogP contribution in [0, 0.1) is 5.92 Å². The maximum Gasteiger partial charge on any atom is 0.254 e. The Morgan fingerprint density at radius 3 is 2.83 bits per heavy atom. The predicted octanol–water partition coefficient (Wildman–Crippen LogP) is 2.62. The number of hydrogen-bond donors (Lipinski definition) is 1. The van der Waals surface area contributed by atoms with Crippen molar-refractivity contribution in [2.75, 3.05) is 19.8 Å². The van der Waals surface area contributed by atoms with E-state index < -0.39 is 0 Å². The van der Waals surface area contributed by atoms with Gasteiger partial charge in [0.15, 0.2) is 5.82 Å². The lowest BCUT2D eigenvalue weighted by Gasteiger charge is -2.09. The van der Waals surface area contributed by atoms with E-state index >= 15 is 0 Å². The van der Waals surface area contributed by atoms with Crippen LogP contribution in [0.3, 0.4) is 0 Å². The van der Waals surface area contributed by atoms with E-state index in [1.165, 1.54) is 0 Å². The van der Waals surface area contributed by atoms with Crippen LogP contribution in [-0.2, 0) is 11.2 Å². The van der Waals surface area contributed by atoms with Gasteiger partial charge in [-0.05, 0) is 30.9 Å². The van der Waals surface area contributed by atoms with E-state index in [4.69, 9.17) is 4.74 Å². The zero-order chi connectivity index (χ0) is 17.4. The van der Waals surface area contributed by atoms with Gasteiger partial charge in [0.2, 0.25) is 0 Å². The number of hydrogen-bond acceptors (Lipinski definition) is 4. The molecule has 24 heavy (non-hydrogen) atoms. The number of pyridine rings is 1. The van der Waals surface area contributed by atoms with Crippen LogP contribution in [0.5, 0.6) is 0 Å². The van der Waals surface area contributed by atoms with Gasteiger partial charge in [-0.3, -0.25) is 4.79 Å². The molecule has 0 saturated carbocycles. The fraction of sp³-hybridized carbons (Fsp3) is 0.500. The van der Waals surface area contributed by atoms with Gasteiger partial charge in [0.25, 0.3) is 5.91 Å². The summed E-state index contributed by atoms with van der Waals surface area (Å²) in [6.07, 6.45) is 5.04. The van der Waals surface area contributed by atoms with Crippen molar-refractivity contribution < 1.29 is 9.53 Å². The number of nitrogens with zero attached hydrogens (tertiary/aromatic N) is 3. The van der Waals surface area contributed by atoms with E-state index in [0.717, 1.165) is 18.7 Å². The summed E-state index contributed by atoms with van der Waals surface area (Å²) < 4.78 is 7.23. The Morgan fingerprint density at radius 2 is 2.17 bits per heavy atom.